The average molecular weight is 151 g/mol. The summed E-state index contributed by atoms with van der Waals surface area (Å²) in [4.78, 5) is 16.4. The van der Waals surface area contributed by atoms with Gasteiger partial charge in [0, 0.05) is 6.16 Å². The lowest BCUT2D eigenvalue weighted by Crippen LogP contribution is -1.67. The highest BCUT2D eigenvalue weighted by atomic mass is 31.1. The van der Waals surface area contributed by atoms with Gasteiger partial charge < -0.3 is 4.89 Å². The monoisotopic (exact) mass is 151 g/mol. The van der Waals surface area contributed by atoms with Crippen molar-refractivity contribution < 1.29 is 14.3 Å². The van der Waals surface area contributed by atoms with Crippen LogP contribution in [-0.4, -0.2) is 17.1 Å². The first-order valence-corrected chi connectivity index (χ1v) is 4.01. The highest BCUT2D eigenvalue weighted by Crippen LogP contribution is 2.12. The number of isocyanates is 1. The van der Waals surface area contributed by atoms with Crippen LogP contribution >= 0.6 is 8.03 Å². The minimum absolute atomic E-state index is 0.477. The summed E-state index contributed by atoms with van der Waals surface area (Å²) < 4.78 is 9.78. The topological polar surface area (TPSA) is 78.2 Å². The molecule has 0 saturated carbocycles. The van der Waals surface area contributed by atoms with Gasteiger partial charge in [0.15, 0.2) is 8.03 Å². The van der Waals surface area contributed by atoms with Crippen molar-refractivity contribution >= 4 is 14.1 Å². The van der Waals surface area contributed by atoms with E-state index in [-0.39, 0.29) is 0 Å². The molecule has 0 aliphatic rings. The summed E-state index contributed by atoms with van der Waals surface area (Å²) in [5, 5.41) is 5.40. The molecule has 2 N–H and O–H groups in total. The quantitative estimate of drug-likeness (QED) is 0.347. The molecule has 1 atom stereocenters. The van der Waals surface area contributed by atoms with Gasteiger partial charge in [-0.25, -0.2) is 10.2 Å². The van der Waals surface area contributed by atoms with Gasteiger partial charge in [0.1, 0.15) is 0 Å². The molecular formula is C4H10NO3P. The molecule has 0 spiro atoms. The molecule has 0 fully saturated rings. The SMILES string of the molecule is CCC[PH](=O)O.N=C=O. The predicted octanol–water partition coefficient (Wildman–Crippen LogP) is 0.764. The Balaban J connectivity index is 0. The fourth-order valence-electron chi connectivity index (χ4n) is 0.214. The van der Waals surface area contributed by atoms with Crippen molar-refractivity contribution in [2.45, 2.75) is 13.3 Å². The summed E-state index contributed by atoms with van der Waals surface area (Å²) >= 11 is 0. The van der Waals surface area contributed by atoms with E-state index >= 15 is 0 Å². The maximum atomic E-state index is 9.78. The van der Waals surface area contributed by atoms with Gasteiger partial charge in [0.2, 0.25) is 6.08 Å². The summed E-state index contributed by atoms with van der Waals surface area (Å²) in [5.41, 5.74) is 0. The molecule has 0 amide bonds. The third kappa shape index (κ3) is 35.6. The molecule has 0 rings (SSSR count). The lowest BCUT2D eigenvalue weighted by Gasteiger charge is -1.82. The smallest absolute Gasteiger partial charge is 0.231 e. The van der Waals surface area contributed by atoms with Gasteiger partial charge in [-0.3, -0.25) is 4.57 Å². The number of hydrogen-bond acceptors (Lipinski definition) is 3. The van der Waals surface area contributed by atoms with Crippen LogP contribution in [0.15, 0.2) is 0 Å². The van der Waals surface area contributed by atoms with Gasteiger partial charge in [-0.1, -0.05) is 6.92 Å². The Morgan fingerprint density at radius 3 is 2.11 bits per heavy atom. The molecule has 0 radical (unpaired) electrons. The number of nitrogens with one attached hydrogen (secondary N) is 1. The van der Waals surface area contributed by atoms with E-state index in [0.717, 1.165) is 12.5 Å². The van der Waals surface area contributed by atoms with Crippen LogP contribution in [0, 0.1) is 5.41 Å². The average Bonchev–Trinajstić information content (AvgIpc) is 1.67. The van der Waals surface area contributed by atoms with Crippen LogP contribution in [0.3, 0.4) is 0 Å². The van der Waals surface area contributed by atoms with E-state index in [1.807, 2.05) is 6.92 Å². The predicted molar refractivity (Wildman–Crippen MR) is 34.8 cm³/mol. The van der Waals surface area contributed by atoms with Gasteiger partial charge in [-0.05, 0) is 6.42 Å². The van der Waals surface area contributed by atoms with E-state index in [9.17, 15) is 4.57 Å². The van der Waals surface area contributed by atoms with Crippen molar-refractivity contribution in [3.05, 3.63) is 0 Å². The molecule has 4 nitrogen and oxygen atoms in total. The van der Waals surface area contributed by atoms with Crippen molar-refractivity contribution in [1.29, 1.82) is 5.41 Å². The Morgan fingerprint density at radius 1 is 1.78 bits per heavy atom. The minimum atomic E-state index is -2.14. The summed E-state index contributed by atoms with van der Waals surface area (Å²) in [5.74, 6) is 0. The van der Waals surface area contributed by atoms with Crippen LogP contribution in [0.2, 0.25) is 0 Å². The Hall–Kier alpha value is -0.430. The third-order valence-electron chi connectivity index (χ3n) is 0.464. The van der Waals surface area contributed by atoms with E-state index in [1.165, 1.54) is 0 Å². The molecule has 0 aromatic carbocycles. The molecule has 0 aromatic rings. The first kappa shape index (κ1) is 11.4. The first-order chi connectivity index (χ1) is 4.18. The lowest BCUT2D eigenvalue weighted by molar-refractivity contribution is 0.502. The van der Waals surface area contributed by atoms with Crippen LogP contribution in [-0.2, 0) is 9.36 Å². The molecule has 9 heavy (non-hydrogen) atoms. The molecule has 0 bridgehead atoms. The van der Waals surface area contributed by atoms with Crippen molar-refractivity contribution in [3.63, 3.8) is 0 Å². The van der Waals surface area contributed by atoms with E-state index in [2.05, 4.69) is 0 Å². The lowest BCUT2D eigenvalue weighted by atomic mass is 10.6. The van der Waals surface area contributed by atoms with Gasteiger partial charge in [0.25, 0.3) is 0 Å². The maximum Gasteiger partial charge on any atom is 0.231 e. The number of carbonyl (C=O) groups excluding carboxylic acids is 1. The first-order valence-electron chi connectivity index (χ1n) is 2.44. The van der Waals surface area contributed by atoms with Crippen LogP contribution in [0.5, 0.6) is 0 Å². The molecule has 1 unspecified atom stereocenters. The Bertz CT molecular complexity index is 108. The summed E-state index contributed by atoms with van der Waals surface area (Å²) in [6, 6.07) is 0. The molecule has 5 heteroatoms. The number of rotatable bonds is 2. The molecule has 54 valence electrons. The fraction of sp³-hybridized carbons (Fsp3) is 0.750. The second kappa shape index (κ2) is 10.5. The van der Waals surface area contributed by atoms with Gasteiger partial charge in [-0.2, -0.15) is 0 Å². The summed E-state index contributed by atoms with van der Waals surface area (Å²) in [6.07, 6.45) is 2.04. The zero-order valence-electron chi connectivity index (χ0n) is 5.18. The second-order valence-electron chi connectivity index (χ2n) is 1.25. The molecule has 0 aliphatic heterocycles. The normalized spacial score (nSPS) is 10.4. The van der Waals surface area contributed by atoms with Crippen molar-refractivity contribution in [3.8, 4) is 0 Å². The molecule has 0 saturated heterocycles. The summed E-state index contributed by atoms with van der Waals surface area (Å²) in [6.45, 7) is 1.89. The van der Waals surface area contributed by atoms with E-state index in [4.69, 9.17) is 15.1 Å². The van der Waals surface area contributed by atoms with Gasteiger partial charge >= 0.3 is 0 Å². The fourth-order valence-corrected chi connectivity index (χ4v) is 0.642. The van der Waals surface area contributed by atoms with Gasteiger partial charge in [0.05, 0.1) is 0 Å². The largest absolute Gasteiger partial charge is 0.346 e. The zero-order valence-corrected chi connectivity index (χ0v) is 6.18. The maximum absolute atomic E-state index is 9.78. The molecular weight excluding hydrogens is 141 g/mol. The van der Waals surface area contributed by atoms with Crippen LogP contribution in [0.4, 0.5) is 0 Å². The van der Waals surface area contributed by atoms with Crippen LogP contribution in [0.1, 0.15) is 13.3 Å². The Kier molecular flexibility index (Phi) is 13.3. The Labute approximate surface area is 54.3 Å². The van der Waals surface area contributed by atoms with Crippen LogP contribution in [0.25, 0.3) is 0 Å². The molecule has 0 heterocycles. The zero-order chi connectivity index (χ0) is 7.70. The standard InChI is InChI=1S/C3H9O2P.CHNO/c1-2-3-6(4)5;2-1-3/h6H,2-3H2,1H3,(H,4,5);2H. The summed E-state index contributed by atoms with van der Waals surface area (Å²) in [7, 11) is -2.14. The Morgan fingerprint density at radius 2 is 2.11 bits per heavy atom. The minimum Gasteiger partial charge on any atom is -0.346 e. The van der Waals surface area contributed by atoms with Crippen molar-refractivity contribution in [1.82, 2.24) is 0 Å². The molecule has 0 aromatic heterocycles. The van der Waals surface area contributed by atoms with E-state index in [0.29, 0.717) is 6.16 Å². The highest BCUT2D eigenvalue weighted by Gasteiger charge is 1.83. The van der Waals surface area contributed by atoms with Crippen LogP contribution < -0.4 is 0 Å². The van der Waals surface area contributed by atoms with E-state index < -0.39 is 8.03 Å². The second-order valence-corrected chi connectivity index (χ2v) is 2.53. The van der Waals surface area contributed by atoms with Crippen molar-refractivity contribution in [2.24, 2.45) is 0 Å². The third-order valence-corrected chi connectivity index (χ3v) is 1.39. The number of hydrogen-bond donors (Lipinski definition) is 2. The van der Waals surface area contributed by atoms with E-state index in [1.54, 1.807) is 0 Å². The van der Waals surface area contributed by atoms with Gasteiger partial charge in [-0.15, -0.1) is 0 Å². The molecule has 0 aliphatic carbocycles. The highest BCUT2D eigenvalue weighted by molar-refractivity contribution is 7.37. The van der Waals surface area contributed by atoms with Crippen molar-refractivity contribution in [2.75, 3.05) is 6.16 Å².